The molecular weight excluding hydrogens is 286 g/mol. The van der Waals surface area contributed by atoms with E-state index in [4.69, 9.17) is 4.74 Å². The van der Waals surface area contributed by atoms with E-state index in [-0.39, 0.29) is 0 Å². The number of aryl methyl sites for hydroxylation is 2. The SMILES string of the molecule is Cc1ccc(C2=N/C(=C/C=C/c3ccccc3)C(=O)O2)cc1C. The van der Waals surface area contributed by atoms with Gasteiger partial charge in [0.2, 0.25) is 5.90 Å². The van der Waals surface area contributed by atoms with Crippen molar-refractivity contribution < 1.29 is 9.53 Å². The largest absolute Gasteiger partial charge is 0.402 e. The molecule has 0 aromatic heterocycles. The predicted molar refractivity (Wildman–Crippen MR) is 92.1 cm³/mol. The van der Waals surface area contributed by atoms with Gasteiger partial charge in [0.15, 0.2) is 5.70 Å². The molecule has 0 radical (unpaired) electrons. The van der Waals surface area contributed by atoms with Gasteiger partial charge >= 0.3 is 5.97 Å². The van der Waals surface area contributed by atoms with Crippen molar-refractivity contribution in [2.24, 2.45) is 4.99 Å². The molecule has 0 unspecified atom stereocenters. The number of benzene rings is 2. The zero-order valence-corrected chi connectivity index (χ0v) is 13.1. The molecule has 0 atom stereocenters. The molecule has 0 aliphatic carbocycles. The van der Waals surface area contributed by atoms with Crippen LogP contribution in [0.2, 0.25) is 0 Å². The van der Waals surface area contributed by atoms with Crippen molar-refractivity contribution in [3.63, 3.8) is 0 Å². The number of esters is 1. The molecule has 2 aromatic rings. The fraction of sp³-hybridized carbons (Fsp3) is 0.100. The lowest BCUT2D eigenvalue weighted by molar-refractivity contribution is -0.130. The number of carbonyl (C=O) groups excluding carboxylic acids is 1. The van der Waals surface area contributed by atoms with Gasteiger partial charge in [-0.3, -0.25) is 0 Å². The van der Waals surface area contributed by atoms with Crippen molar-refractivity contribution in [2.45, 2.75) is 13.8 Å². The number of hydrogen-bond donors (Lipinski definition) is 0. The van der Waals surface area contributed by atoms with Crippen LogP contribution in [0.1, 0.15) is 22.3 Å². The van der Waals surface area contributed by atoms with Gasteiger partial charge in [0.25, 0.3) is 0 Å². The van der Waals surface area contributed by atoms with E-state index in [1.165, 1.54) is 5.56 Å². The van der Waals surface area contributed by atoms with Crippen LogP contribution >= 0.6 is 0 Å². The maximum Gasteiger partial charge on any atom is 0.363 e. The van der Waals surface area contributed by atoms with Gasteiger partial charge in [-0.2, -0.15) is 0 Å². The van der Waals surface area contributed by atoms with Gasteiger partial charge in [0, 0.05) is 5.56 Å². The highest BCUT2D eigenvalue weighted by Crippen LogP contribution is 2.18. The predicted octanol–water partition coefficient (Wildman–Crippen LogP) is 4.20. The Hall–Kier alpha value is -2.94. The summed E-state index contributed by atoms with van der Waals surface area (Å²) in [6, 6.07) is 15.8. The van der Waals surface area contributed by atoms with Gasteiger partial charge in [0.1, 0.15) is 0 Å². The molecule has 1 aliphatic rings. The molecule has 0 saturated heterocycles. The lowest BCUT2D eigenvalue weighted by Gasteiger charge is -2.03. The zero-order chi connectivity index (χ0) is 16.2. The summed E-state index contributed by atoms with van der Waals surface area (Å²) in [4.78, 5) is 16.2. The average Bonchev–Trinajstić information content (AvgIpc) is 2.92. The van der Waals surface area contributed by atoms with Crippen molar-refractivity contribution in [1.29, 1.82) is 0 Å². The van der Waals surface area contributed by atoms with E-state index in [9.17, 15) is 4.79 Å². The van der Waals surface area contributed by atoms with Crippen LogP contribution in [0, 0.1) is 13.8 Å². The first-order valence-electron chi connectivity index (χ1n) is 7.45. The first-order valence-corrected chi connectivity index (χ1v) is 7.45. The summed E-state index contributed by atoms with van der Waals surface area (Å²) in [6.07, 6.45) is 5.39. The lowest BCUT2D eigenvalue weighted by Crippen LogP contribution is -2.05. The smallest absolute Gasteiger partial charge is 0.363 e. The maximum absolute atomic E-state index is 11.9. The Morgan fingerprint density at radius 3 is 2.52 bits per heavy atom. The number of carbonyl (C=O) groups is 1. The number of nitrogens with zero attached hydrogens (tertiary/aromatic N) is 1. The molecule has 2 aromatic carbocycles. The minimum Gasteiger partial charge on any atom is -0.402 e. The van der Waals surface area contributed by atoms with Crippen molar-refractivity contribution >= 4 is 17.9 Å². The molecule has 1 heterocycles. The summed E-state index contributed by atoms with van der Waals surface area (Å²) in [7, 11) is 0. The topological polar surface area (TPSA) is 38.7 Å². The number of rotatable bonds is 3. The fourth-order valence-electron chi connectivity index (χ4n) is 2.24. The van der Waals surface area contributed by atoms with Crippen molar-refractivity contribution in [3.8, 4) is 0 Å². The van der Waals surface area contributed by atoms with E-state index < -0.39 is 5.97 Å². The molecule has 0 spiro atoms. The zero-order valence-electron chi connectivity index (χ0n) is 13.1. The normalized spacial score (nSPS) is 16.0. The van der Waals surface area contributed by atoms with Crippen LogP contribution in [-0.2, 0) is 9.53 Å². The summed E-state index contributed by atoms with van der Waals surface area (Å²) in [6.45, 7) is 4.07. The maximum atomic E-state index is 11.9. The third-order valence-corrected chi connectivity index (χ3v) is 3.72. The van der Waals surface area contributed by atoms with E-state index in [1.807, 2.05) is 68.5 Å². The van der Waals surface area contributed by atoms with Crippen LogP contribution in [0.15, 0.2) is 71.4 Å². The highest BCUT2D eigenvalue weighted by molar-refractivity contribution is 6.11. The molecule has 0 fully saturated rings. The van der Waals surface area contributed by atoms with Crippen molar-refractivity contribution in [1.82, 2.24) is 0 Å². The second-order valence-corrected chi connectivity index (χ2v) is 5.43. The Bertz CT molecular complexity index is 830. The van der Waals surface area contributed by atoms with Crippen molar-refractivity contribution in [3.05, 3.63) is 88.6 Å². The number of allylic oxidation sites excluding steroid dienone is 2. The molecule has 1 aliphatic heterocycles. The van der Waals surface area contributed by atoms with Crippen molar-refractivity contribution in [2.75, 3.05) is 0 Å². The van der Waals surface area contributed by atoms with Crippen LogP contribution in [0.3, 0.4) is 0 Å². The average molecular weight is 303 g/mol. The third kappa shape index (κ3) is 3.46. The number of hydrogen-bond acceptors (Lipinski definition) is 3. The summed E-state index contributed by atoms with van der Waals surface area (Å²) in [5, 5.41) is 0. The standard InChI is InChI=1S/C20H17NO2/c1-14-11-12-17(13-15(14)2)19-21-18(20(22)23-19)10-6-9-16-7-4-3-5-8-16/h3-13H,1-2H3/b9-6+,18-10+. The minimum absolute atomic E-state index is 0.311. The van der Waals surface area contributed by atoms with Gasteiger partial charge < -0.3 is 4.74 Å². The molecule has 0 amide bonds. The summed E-state index contributed by atoms with van der Waals surface area (Å²) in [5.74, 6) is -0.0617. The van der Waals surface area contributed by atoms with Crippen LogP contribution in [0.5, 0.6) is 0 Å². The lowest BCUT2D eigenvalue weighted by atomic mass is 10.1. The highest BCUT2D eigenvalue weighted by atomic mass is 16.6. The summed E-state index contributed by atoms with van der Waals surface area (Å²) < 4.78 is 5.27. The number of aliphatic imine (C=N–C) groups is 1. The molecule has 3 nitrogen and oxygen atoms in total. The number of ether oxygens (including phenoxy) is 1. The van der Waals surface area contributed by atoms with Gasteiger partial charge in [0.05, 0.1) is 0 Å². The quantitative estimate of drug-likeness (QED) is 0.629. The third-order valence-electron chi connectivity index (χ3n) is 3.72. The second-order valence-electron chi connectivity index (χ2n) is 5.43. The van der Waals surface area contributed by atoms with Crippen LogP contribution in [-0.4, -0.2) is 11.9 Å². The monoisotopic (exact) mass is 303 g/mol. The van der Waals surface area contributed by atoms with Crippen LogP contribution in [0.25, 0.3) is 6.08 Å². The first-order chi connectivity index (χ1) is 11.1. The van der Waals surface area contributed by atoms with Crippen LogP contribution < -0.4 is 0 Å². The Morgan fingerprint density at radius 2 is 1.78 bits per heavy atom. The summed E-state index contributed by atoms with van der Waals surface area (Å²) >= 11 is 0. The molecule has 0 bridgehead atoms. The number of cyclic esters (lactones) is 1. The molecule has 23 heavy (non-hydrogen) atoms. The Kier molecular flexibility index (Phi) is 4.20. The Labute approximate surface area is 135 Å². The molecule has 3 heteroatoms. The van der Waals surface area contributed by atoms with E-state index in [1.54, 1.807) is 12.2 Å². The van der Waals surface area contributed by atoms with Crippen LogP contribution in [0.4, 0.5) is 0 Å². The van der Waals surface area contributed by atoms with E-state index in [0.717, 1.165) is 16.7 Å². The van der Waals surface area contributed by atoms with Gasteiger partial charge in [-0.05, 0) is 48.7 Å². The molecular formula is C20H17NO2. The Balaban J connectivity index is 1.82. The molecule has 0 N–H and O–H groups in total. The Morgan fingerprint density at radius 1 is 1.00 bits per heavy atom. The summed E-state index contributed by atoms with van der Waals surface area (Å²) in [5.41, 5.74) is 4.53. The van der Waals surface area contributed by atoms with Gasteiger partial charge in [-0.1, -0.05) is 48.6 Å². The van der Waals surface area contributed by atoms with E-state index in [0.29, 0.717) is 11.6 Å². The first kappa shape index (κ1) is 15.0. The van der Waals surface area contributed by atoms with E-state index in [2.05, 4.69) is 4.99 Å². The van der Waals surface area contributed by atoms with Gasteiger partial charge in [-0.25, -0.2) is 9.79 Å². The van der Waals surface area contributed by atoms with Gasteiger partial charge in [-0.15, -0.1) is 0 Å². The molecule has 3 rings (SSSR count). The fourth-order valence-corrected chi connectivity index (χ4v) is 2.24. The second kappa shape index (κ2) is 6.44. The van der Waals surface area contributed by atoms with E-state index >= 15 is 0 Å². The minimum atomic E-state index is -0.420. The molecule has 114 valence electrons. The molecule has 0 saturated carbocycles. The highest BCUT2D eigenvalue weighted by Gasteiger charge is 2.23.